The molecule has 22 heavy (non-hydrogen) atoms. The number of benzene rings is 2. The summed E-state index contributed by atoms with van der Waals surface area (Å²) < 4.78 is 6.90. The van der Waals surface area contributed by atoms with Crippen LogP contribution in [0.1, 0.15) is 5.56 Å². The maximum Gasteiger partial charge on any atom is 0.157 e. The number of methoxy groups -OCH3 is 1. The third kappa shape index (κ3) is 2.55. The van der Waals surface area contributed by atoms with Crippen LogP contribution in [-0.2, 0) is 13.6 Å². The molecule has 5 nitrogen and oxygen atoms in total. The van der Waals surface area contributed by atoms with Crippen LogP contribution in [0.4, 0.5) is 11.5 Å². The van der Waals surface area contributed by atoms with Gasteiger partial charge in [0.2, 0.25) is 0 Å². The van der Waals surface area contributed by atoms with E-state index in [1.54, 1.807) is 23.9 Å². The van der Waals surface area contributed by atoms with E-state index in [1.165, 1.54) is 0 Å². The zero-order chi connectivity index (χ0) is 15.7. The van der Waals surface area contributed by atoms with E-state index in [4.69, 9.17) is 22.1 Å². The molecule has 0 spiro atoms. The Balaban J connectivity index is 1.89. The Hall–Kier alpha value is -2.40. The minimum Gasteiger partial charge on any atom is -0.497 e. The molecule has 1 heterocycles. The van der Waals surface area contributed by atoms with Gasteiger partial charge in [-0.1, -0.05) is 23.7 Å². The average molecular weight is 317 g/mol. The first-order valence-corrected chi connectivity index (χ1v) is 7.25. The molecule has 1 aromatic heterocycles. The predicted molar refractivity (Wildman–Crippen MR) is 90.5 cm³/mol. The number of ether oxygens (including phenoxy) is 1. The van der Waals surface area contributed by atoms with Gasteiger partial charge in [0.1, 0.15) is 5.75 Å². The van der Waals surface area contributed by atoms with E-state index in [0.29, 0.717) is 17.3 Å². The predicted octanol–water partition coefficient (Wildman–Crippen LogP) is 3.43. The summed E-state index contributed by atoms with van der Waals surface area (Å²) in [6, 6.07) is 11.5. The lowest BCUT2D eigenvalue weighted by molar-refractivity contribution is 0.414. The number of rotatable bonds is 4. The first kappa shape index (κ1) is 14.5. The molecule has 2 aromatic carbocycles. The summed E-state index contributed by atoms with van der Waals surface area (Å²) in [5, 5.41) is 9.27. The molecular weight excluding hydrogens is 300 g/mol. The monoisotopic (exact) mass is 316 g/mol. The van der Waals surface area contributed by atoms with Gasteiger partial charge in [0.25, 0.3) is 0 Å². The van der Waals surface area contributed by atoms with Gasteiger partial charge in [-0.15, -0.1) is 0 Å². The summed E-state index contributed by atoms with van der Waals surface area (Å²) in [6.07, 6.45) is 0. The van der Waals surface area contributed by atoms with Crippen LogP contribution in [0.25, 0.3) is 10.9 Å². The average Bonchev–Trinajstić information content (AvgIpc) is 2.87. The van der Waals surface area contributed by atoms with Crippen LogP contribution in [0.2, 0.25) is 5.02 Å². The van der Waals surface area contributed by atoms with Gasteiger partial charge >= 0.3 is 0 Å². The lowest BCUT2D eigenvalue weighted by Crippen LogP contribution is -2.01. The Morgan fingerprint density at radius 1 is 1.23 bits per heavy atom. The van der Waals surface area contributed by atoms with Crippen LogP contribution in [0, 0.1) is 0 Å². The number of fused-ring (bicyclic) bond motifs is 1. The highest BCUT2D eigenvalue weighted by Gasteiger charge is 2.14. The van der Waals surface area contributed by atoms with Crippen molar-refractivity contribution >= 4 is 34.0 Å². The van der Waals surface area contributed by atoms with Crippen molar-refractivity contribution in [1.82, 2.24) is 9.78 Å². The van der Waals surface area contributed by atoms with Crippen LogP contribution in [0.5, 0.6) is 5.75 Å². The quantitative estimate of drug-likeness (QED) is 0.724. The molecular formula is C16H17ClN4O. The first-order chi connectivity index (χ1) is 10.6. The highest BCUT2D eigenvalue weighted by atomic mass is 35.5. The maximum absolute atomic E-state index is 6.30. The molecule has 0 saturated heterocycles. The van der Waals surface area contributed by atoms with Crippen LogP contribution < -0.4 is 15.8 Å². The maximum atomic E-state index is 6.30. The number of hydrogen-bond donors (Lipinski definition) is 2. The summed E-state index contributed by atoms with van der Waals surface area (Å²) >= 11 is 6.30. The van der Waals surface area contributed by atoms with Crippen molar-refractivity contribution in [1.29, 1.82) is 0 Å². The number of anilines is 2. The van der Waals surface area contributed by atoms with Crippen LogP contribution in [0.3, 0.4) is 0 Å². The number of nitrogens with one attached hydrogen (secondary N) is 1. The third-order valence-electron chi connectivity index (χ3n) is 3.59. The molecule has 114 valence electrons. The molecule has 3 rings (SSSR count). The van der Waals surface area contributed by atoms with Crippen LogP contribution >= 0.6 is 11.6 Å². The zero-order valence-corrected chi connectivity index (χ0v) is 13.2. The van der Waals surface area contributed by atoms with E-state index < -0.39 is 0 Å². The molecule has 3 N–H and O–H groups in total. The van der Waals surface area contributed by atoms with E-state index in [0.717, 1.165) is 28.0 Å². The molecule has 0 aliphatic carbocycles. The van der Waals surface area contributed by atoms with Gasteiger partial charge in [0.15, 0.2) is 5.82 Å². The van der Waals surface area contributed by atoms with Crippen molar-refractivity contribution in [2.45, 2.75) is 6.54 Å². The van der Waals surface area contributed by atoms with Crippen molar-refractivity contribution in [3.8, 4) is 5.75 Å². The second-order valence-corrected chi connectivity index (χ2v) is 5.44. The number of nitrogens with zero attached hydrogens (tertiary/aromatic N) is 2. The minimum absolute atomic E-state index is 0.634. The normalized spacial score (nSPS) is 10.9. The molecule has 0 radical (unpaired) electrons. The lowest BCUT2D eigenvalue weighted by atomic mass is 10.2. The molecule has 0 aliphatic heterocycles. The Morgan fingerprint density at radius 3 is 2.64 bits per heavy atom. The second-order valence-electron chi connectivity index (χ2n) is 5.03. The number of aryl methyl sites for hydroxylation is 1. The number of nitrogens with two attached hydrogens (primary N) is 1. The Labute approximate surface area is 133 Å². The van der Waals surface area contributed by atoms with Gasteiger partial charge < -0.3 is 15.8 Å². The number of nitrogen functional groups attached to an aromatic ring is 1. The fraction of sp³-hybridized carbons (Fsp3) is 0.188. The molecule has 0 bridgehead atoms. The molecule has 0 saturated carbocycles. The fourth-order valence-corrected chi connectivity index (χ4v) is 2.70. The summed E-state index contributed by atoms with van der Waals surface area (Å²) in [5.74, 6) is 1.56. The Kier molecular flexibility index (Phi) is 3.81. The van der Waals surface area contributed by atoms with Crippen molar-refractivity contribution in [3.05, 3.63) is 47.0 Å². The third-order valence-corrected chi connectivity index (χ3v) is 3.90. The van der Waals surface area contributed by atoms with Gasteiger partial charge in [0, 0.05) is 13.6 Å². The molecule has 6 heteroatoms. The van der Waals surface area contributed by atoms with E-state index in [-0.39, 0.29) is 0 Å². The summed E-state index contributed by atoms with van der Waals surface area (Å²) in [4.78, 5) is 0. The number of halogens is 1. The number of aromatic nitrogens is 2. The SMILES string of the molecule is COc1ccc(CNc2nn(C)c3c(N)ccc(Cl)c23)cc1. The zero-order valence-electron chi connectivity index (χ0n) is 12.4. The van der Waals surface area contributed by atoms with Crippen molar-refractivity contribution in [2.24, 2.45) is 7.05 Å². The van der Waals surface area contributed by atoms with Gasteiger partial charge in [0.05, 0.1) is 28.7 Å². The Bertz CT molecular complexity index is 811. The summed E-state index contributed by atoms with van der Waals surface area (Å²) in [7, 11) is 3.51. The van der Waals surface area contributed by atoms with Crippen LogP contribution in [0.15, 0.2) is 36.4 Å². The molecule has 3 aromatic rings. The molecule has 0 aliphatic rings. The standard InChI is InChI=1S/C16H17ClN4O/c1-21-15-13(18)8-7-12(17)14(15)16(20-21)19-9-10-3-5-11(22-2)6-4-10/h3-8H,9,18H2,1-2H3,(H,19,20). The molecule has 0 atom stereocenters. The molecule has 0 unspecified atom stereocenters. The van der Waals surface area contributed by atoms with E-state index in [1.807, 2.05) is 31.3 Å². The van der Waals surface area contributed by atoms with Crippen molar-refractivity contribution in [3.63, 3.8) is 0 Å². The smallest absolute Gasteiger partial charge is 0.157 e. The van der Waals surface area contributed by atoms with Gasteiger partial charge in [-0.25, -0.2) is 0 Å². The fourth-order valence-electron chi connectivity index (χ4n) is 2.46. The highest BCUT2D eigenvalue weighted by molar-refractivity contribution is 6.37. The number of hydrogen-bond acceptors (Lipinski definition) is 4. The topological polar surface area (TPSA) is 65.1 Å². The Morgan fingerprint density at radius 2 is 1.95 bits per heavy atom. The van der Waals surface area contributed by atoms with Gasteiger partial charge in [-0.2, -0.15) is 5.10 Å². The van der Waals surface area contributed by atoms with E-state index >= 15 is 0 Å². The second kappa shape index (κ2) is 5.77. The highest BCUT2D eigenvalue weighted by Crippen LogP contribution is 2.33. The lowest BCUT2D eigenvalue weighted by Gasteiger charge is -2.06. The summed E-state index contributed by atoms with van der Waals surface area (Å²) in [6.45, 7) is 0.640. The minimum atomic E-state index is 0.634. The largest absolute Gasteiger partial charge is 0.497 e. The van der Waals surface area contributed by atoms with Crippen LogP contribution in [-0.4, -0.2) is 16.9 Å². The van der Waals surface area contributed by atoms with E-state index in [9.17, 15) is 0 Å². The first-order valence-electron chi connectivity index (χ1n) is 6.87. The van der Waals surface area contributed by atoms with Gasteiger partial charge in [-0.3, -0.25) is 4.68 Å². The van der Waals surface area contributed by atoms with Gasteiger partial charge in [-0.05, 0) is 29.8 Å². The molecule has 0 amide bonds. The molecule has 0 fully saturated rings. The van der Waals surface area contributed by atoms with E-state index in [2.05, 4.69) is 10.4 Å². The van der Waals surface area contributed by atoms with Crippen molar-refractivity contribution < 1.29 is 4.74 Å². The van der Waals surface area contributed by atoms with Crippen molar-refractivity contribution in [2.75, 3.05) is 18.2 Å². The summed E-state index contributed by atoms with van der Waals surface area (Å²) in [5.41, 5.74) is 8.64.